The summed E-state index contributed by atoms with van der Waals surface area (Å²) in [6.07, 6.45) is 1.79. The third kappa shape index (κ3) is 3.10. The minimum Gasteiger partial charge on any atom is -0.362 e. The number of anilines is 1. The van der Waals surface area contributed by atoms with Crippen LogP contribution in [-0.4, -0.2) is 27.4 Å². The smallest absolute Gasteiger partial charge is 0.293 e. The van der Waals surface area contributed by atoms with Crippen LogP contribution in [0.1, 0.15) is 23.6 Å². The van der Waals surface area contributed by atoms with Crippen molar-refractivity contribution in [2.45, 2.75) is 23.8 Å². The first-order valence-electron chi connectivity index (χ1n) is 7.88. The number of hydrogen-bond acceptors (Lipinski definition) is 5. The molecule has 0 heterocycles. The highest BCUT2D eigenvalue weighted by atomic mass is 32.2. The zero-order valence-electron chi connectivity index (χ0n) is 14.0. The molecule has 25 heavy (non-hydrogen) atoms. The number of aryl methyl sites for hydroxylation is 1. The van der Waals surface area contributed by atoms with Gasteiger partial charge in [0.05, 0.1) is 15.9 Å². The van der Waals surface area contributed by atoms with Crippen molar-refractivity contribution in [1.29, 1.82) is 0 Å². The van der Waals surface area contributed by atoms with E-state index in [1.807, 2.05) is 23.1 Å². The fourth-order valence-corrected chi connectivity index (χ4v) is 4.09. The van der Waals surface area contributed by atoms with Crippen LogP contribution in [0.3, 0.4) is 0 Å². The molecule has 0 saturated heterocycles. The molecule has 0 aromatic heterocycles. The van der Waals surface area contributed by atoms with Gasteiger partial charge in [-0.15, -0.1) is 0 Å². The Morgan fingerprint density at radius 3 is 2.64 bits per heavy atom. The van der Waals surface area contributed by atoms with Crippen LogP contribution in [0.2, 0.25) is 0 Å². The largest absolute Gasteiger partial charge is 0.362 e. The number of nitro benzene ring substituents is 1. The van der Waals surface area contributed by atoms with Gasteiger partial charge in [0.2, 0.25) is 10.0 Å². The van der Waals surface area contributed by atoms with E-state index in [2.05, 4.69) is 10.8 Å². The van der Waals surface area contributed by atoms with E-state index in [1.54, 1.807) is 7.05 Å². The molecule has 3 rings (SSSR count). The predicted molar refractivity (Wildman–Crippen MR) is 95.2 cm³/mol. The number of benzene rings is 2. The Hall–Kier alpha value is -2.45. The Labute approximate surface area is 146 Å². The van der Waals surface area contributed by atoms with Crippen molar-refractivity contribution in [3.63, 3.8) is 0 Å². The van der Waals surface area contributed by atoms with Crippen LogP contribution in [0.25, 0.3) is 0 Å². The molecule has 1 aliphatic rings. The second-order valence-corrected chi connectivity index (χ2v) is 7.87. The first kappa shape index (κ1) is 17.4. The second kappa shape index (κ2) is 6.45. The highest BCUT2D eigenvalue weighted by molar-refractivity contribution is 7.89. The molecule has 2 aromatic rings. The average molecular weight is 361 g/mol. The highest BCUT2D eigenvalue weighted by Crippen LogP contribution is 2.40. The molecule has 2 aromatic carbocycles. The number of hydrogen-bond donors (Lipinski definition) is 1. The summed E-state index contributed by atoms with van der Waals surface area (Å²) in [7, 11) is -0.656. The van der Waals surface area contributed by atoms with Crippen LogP contribution in [0.5, 0.6) is 0 Å². The Balaban J connectivity index is 2.04. The Kier molecular flexibility index (Phi) is 4.49. The predicted octanol–water partition coefficient (Wildman–Crippen LogP) is 2.63. The third-order valence-electron chi connectivity index (χ3n) is 4.67. The lowest BCUT2D eigenvalue weighted by atomic mass is 10.1. The van der Waals surface area contributed by atoms with Gasteiger partial charge in [0.25, 0.3) is 5.69 Å². The fraction of sp³-hybridized carbons (Fsp3) is 0.294. The Morgan fingerprint density at radius 2 is 1.96 bits per heavy atom. The molecule has 8 heteroatoms. The van der Waals surface area contributed by atoms with Crippen molar-refractivity contribution < 1.29 is 13.3 Å². The van der Waals surface area contributed by atoms with Gasteiger partial charge in [-0.05, 0) is 43.1 Å². The fourth-order valence-electron chi connectivity index (χ4n) is 3.34. The van der Waals surface area contributed by atoms with E-state index < -0.39 is 14.9 Å². The van der Waals surface area contributed by atoms with Crippen LogP contribution in [-0.2, 0) is 16.4 Å². The Morgan fingerprint density at radius 1 is 1.24 bits per heavy atom. The summed E-state index contributed by atoms with van der Waals surface area (Å²) in [5.41, 5.74) is 2.59. The van der Waals surface area contributed by atoms with Gasteiger partial charge in [0, 0.05) is 13.1 Å². The van der Waals surface area contributed by atoms with Crippen molar-refractivity contribution >= 4 is 21.4 Å². The van der Waals surface area contributed by atoms with E-state index in [-0.39, 0.29) is 16.6 Å². The quantitative estimate of drug-likeness (QED) is 0.653. The molecule has 7 nitrogen and oxygen atoms in total. The standard InChI is InChI=1S/C17H19N3O4S/c1-18-25(23,24)13-8-10-16(17(11-13)20(21)22)19(2)15-9-7-12-5-3-4-6-14(12)15/h3-6,8,10-11,15,18H,7,9H2,1-2H3/t15-/m0/s1. The summed E-state index contributed by atoms with van der Waals surface area (Å²) in [5, 5.41) is 11.5. The number of fused-ring (bicyclic) bond motifs is 1. The molecular weight excluding hydrogens is 342 g/mol. The van der Waals surface area contributed by atoms with Gasteiger partial charge in [0.15, 0.2) is 0 Å². The average Bonchev–Trinajstić information content (AvgIpc) is 3.04. The zero-order valence-corrected chi connectivity index (χ0v) is 14.8. The monoisotopic (exact) mass is 361 g/mol. The summed E-state index contributed by atoms with van der Waals surface area (Å²) in [6.45, 7) is 0. The molecule has 0 fully saturated rings. The van der Waals surface area contributed by atoms with E-state index in [0.29, 0.717) is 5.69 Å². The van der Waals surface area contributed by atoms with Crippen LogP contribution < -0.4 is 9.62 Å². The molecular formula is C17H19N3O4S. The van der Waals surface area contributed by atoms with E-state index in [0.717, 1.165) is 24.5 Å². The molecule has 0 saturated carbocycles. The summed E-state index contributed by atoms with van der Waals surface area (Å²) < 4.78 is 26.0. The molecule has 0 bridgehead atoms. The van der Waals surface area contributed by atoms with Crippen molar-refractivity contribution in [3.8, 4) is 0 Å². The summed E-state index contributed by atoms with van der Waals surface area (Å²) >= 11 is 0. The molecule has 0 unspecified atom stereocenters. The van der Waals surface area contributed by atoms with Crippen LogP contribution in [0.4, 0.5) is 11.4 Å². The van der Waals surface area contributed by atoms with Crippen LogP contribution in [0, 0.1) is 10.1 Å². The molecule has 1 aliphatic carbocycles. The summed E-state index contributed by atoms with van der Waals surface area (Å²) in [5.74, 6) is 0. The summed E-state index contributed by atoms with van der Waals surface area (Å²) in [6, 6.07) is 12.1. The maximum Gasteiger partial charge on any atom is 0.293 e. The Bertz CT molecular complexity index is 927. The van der Waals surface area contributed by atoms with Gasteiger partial charge < -0.3 is 4.90 Å². The van der Waals surface area contributed by atoms with Gasteiger partial charge in [-0.2, -0.15) is 0 Å². The molecule has 0 spiro atoms. The van der Waals surface area contributed by atoms with Crippen LogP contribution in [0.15, 0.2) is 47.4 Å². The van der Waals surface area contributed by atoms with Crippen molar-refractivity contribution in [2.24, 2.45) is 0 Å². The number of nitro groups is 1. The van der Waals surface area contributed by atoms with Crippen molar-refractivity contribution in [3.05, 3.63) is 63.7 Å². The molecule has 1 atom stereocenters. The number of rotatable bonds is 5. The van der Waals surface area contributed by atoms with Crippen molar-refractivity contribution in [2.75, 3.05) is 19.0 Å². The number of sulfonamides is 1. The SMILES string of the molecule is CNS(=O)(=O)c1ccc(N(C)[C@H]2CCc3ccccc32)c([N+](=O)[O-])c1. The lowest BCUT2D eigenvalue weighted by molar-refractivity contribution is -0.384. The van der Waals surface area contributed by atoms with E-state index in [1.165, 1.54) is 24.7 Å². The first-order valence-corrected chi connectivity index (χ1v) is 9.36. The van der Waals surface area contributed by atoms with Gasteiger partial charge >= 0.3 is 0 Å². The maximum absolute atomic E-state index is 11.9. The lowest BCUT2D eigenvalue weighted by Gasteiger charge is -2.27. The van der Waals surface area contributed by atoms with E-state index in [4.69, 9.17) is 0 Å². The molecule has 0 radical (unpaired) electrons. The highest BCUT2D eigenvalue weighted by Gasteiger charge is 2.30. The topological polar surface area (TPSA) is 92.6 Å². The maximum atomic E-state index is 11.9. The number of nitrogens with one attached hydrogen (secondary N) is 1. The first-order chi connectivity index (χ1) is 11.8. The van der Waals surface area contributed by atoms with Crippen LogP contribution >= 0.6 is 0 Å². The summed E-state index contributed by atoms with van der Waals surface area (Å²) in [4.78, 5) is 12.7. The molecule has 1 N–H and O–H groups in total. The molecule has 0 aliphatic heterocycles. The van der Waals surface area contributed by atoms with Gasteiger partial charge in [0.1, 0.15) is 5.69 Å². The van der Waals surface area contributed by atoms with E-state index >= 15 is 0 Å². The third-order valence-corrected chi connectivity index (χ3v) is 6.08. The second-order valence-electron chi connectivity index (χ2n) is 5.98. The molecule has 0 amide bonds. The molecule has 132 valence electrons. The normalized spacial score (nSPS) is 16.5. The van der Waals surface area contributed by atoms with Gasteiger partial charge in [-0.25, -0.2) is 13.1 Å². The minimum absolute atomic E-state index is 0.0293. The minimum atomic E-state index is -3.74. The van der Waals surface area contributed by atoms with E-state index in [9.17, 15) is 18.5 Å². The lowest BCUT2D eigenvalue weighted by Crippen LogP contribution is -2.24. The zero-order chi connectivity index (χ0) is 18.2. The van der Waals surface area contributed by atoms with Gasteiger partial charge in [-0.3, -0.25) is 10.1 Å². The van der Waals surface area contributed by atoms with Crippen molar-refractivity contribution in [1.82, 2.24) is 4.72 Å². The number of nitrogens with zero attached hydrogens (tertiary/aromatic N) is 2. The van der Waals surface area contributed by atoms with Gasteiger partial charge in [-0.1, -0.05) is 24.3 Å².